The molecule has 7 nitrogen and oxygen atoms in total. The van der Waals surface area contributed by atoms with E-state index < -0.39 is 5.97 Å². The van der Waals surface area contributed by atoms with Gasteiger partial charge in [0.25, 0.3) is 0 Å². The lowest BCUT2D eigenvalue weighted by atomic mass is 10.1. The van der Waals surface area contributed by atoms with E-state index in [1.165, 1.54) is 13.3 Å². The summed E-state index contributed by atoms with van der Waals surface area (Å²) >= 11 is 0. The second-order valence-electron chi connectivity index (χ2n) is 5.55. The number of ether oxygens (including phenoxy) is 3. The molecule has 0 aliphatic carbocycles. The Morgan fingerprint density at radius 2 is 1.85 bits per heavy atom. The maximum absolute atomic E-state index is 12.2. The molecule has 0 aliphatic heterocycles. The molecule has 8 heteroatoms. The van der Waals surface area contributed by atoms with Crippen molar-refractivity contribution in [2.45, 2.75) is 6.92 Å². The molecule has 2 aromatic heterocycles. The minimum atomic E-state index is -0.496. The van der Waals surface area contributed by atoms with Crippen LogP contribution in [0.2, 0.25) is 0 Å². The van der Waals surface area contributed by atoms with Crippen LogP contribution in [0.4, 0.5) is 11.4 Å². The first-order valence-corrected chi connectivity index (χ1v) is 7.91. The van der Waals surface area contributed by atoms with Crippen molar-refractivity contribution in [3.63, 3.8) is 0 Å². The van der Waals surface area contributed by atoms with E-state index in [0.29, 0.717) is 39.5 Å². The molecule has 0 radical (unpaired) electrons. The SMILES string of the molecule is COC(=O)c1cnc2nc(C)ccc2c1Nc1cc(OC)ccc1OC.Cl. The zero-order valence-electron chi connectivity index (χ0n) is 15.4. The Balaban J connectivity index is 0.00000261. The largest absolute Gasteiger partial charge is 0.497 e. The number of carbonyl (C=O) groups excluding carboxylic acids is 1. The number of hydrogen-bond donors (Lipinski definition) is 1. The van der Waals surface area contributed by atoms with Gasteiger partial charge >= 0.3 is 5.97 Å². The number of halogens is 1. The van der Waals surface area contributed by atoms with Crippen LogP contribution in [0.1, 0.15) is 16.1 Å². The van der Waals surface area contributed by atoms with Crippen molar-refractivity contribution in [1.82, 2.24) is 9.97 Å². The van der Waals surface area contributed by atoms with E-state index in [1.807, 2.05) is 19.1 Å². The molecule has 3 aromatic rings. The predicted molar refractivity (Wildman–Crippen MR) is 106 cm³/mol. The lowest BCUT2D eigenvalue weighted by Gasteiger charge is -2.16. The summed E-state index contributed by atoms with van der Waals surface area (Å²) in [5, 5.41) is 3.96. The van der Waals surface area contributed by atoms with E-state index in [0.717, 1.165) is 5.69 Å². The van der Waals surface area contributed by atoms with E-state index in [2.05, 4.69) is 15.3 Å². The Morgan fingerprint density at radius 3 is 2.52 bits per heavy atom. The van der Waals surface area contributed by atoms with Gasteiger partial charge in [-0.1, -0.05) is 0 Å². The van der Waals surface area contributed by atoms with Crippen LogP contribution in [0.25, 0.3) is 11.0 Å². The maximum Gasteiger partial charge on any atom is 0.341 e. The first-order valence-electron chi connectivity index (χ1n) is 7.91. The Hall–Kier alpha value is -3.06. The minimum Gasteiger partial charge on any atom is -0.497 e. The molecule has 0 amide bonds. The van der Waals surface area contributed by atoms with Gasteiger partial charge < -0.3 is 19.5 Å². The fourth-order valence-corrected chi connectivity index (χ4v) is 2.62. The van der Waals surface area contributed by atoms with Crippen molar-refractivity contribution in [2.24, 2.45) is 0 Å². The molecule has 0 bridgehead atoms. The number of nitrogens with zero attached hydrogens (tertiary/aromatic N) is 2. The topological polar surface area (TPSA) is 82.6 Å². The van der Waals surface area contributed by atoms with Crippen LogP contribution in [-0.2, 0) is 4.74 Å². The molecule has 0 atom stereocenters. The molecule has 0 unspecified atom stereocenters. The second kappa shape index (κ2) is 8.55. The van der Waals surface area contributed by atoms with Crippen LogP contribution in [0, 0.1) is 6.92 Å². The first kappa shape index (κ1) is 20.3. The van der Waals surface area contributed by atoms with Gasteiger partial charge in [0, 0.05) is 23.3 Å². The molecule has 27 heavy (non-hydrogen) atoms. The number of esters is 1. The van der Waals surface area contributed by atoms with Crippen molar-refractivity contribution in [3.8, 4) is 11.5 Å². The fourth-order valence-electron chi connectivity index (χ4n) is 2.62. The summed E-state index contributed by atoms with van der Waals surface area (Å²) in [6, 6.07) is 9.09. The highest BCUT2D eigenvalue weighted by Crippen LogP contribution is 2.35. The maximum atomic E-state index is 12.2. The lowest BCUT2D eigenvalue weighted by molar-refractivity contribution is 0.0601. The van der Waals surface area contributed by atoms with E-state index >= 15 is 0 Å². The third kappa shape index (κ3) is 4.03. The number of anilines is 2. The zero-order valence-corrected chi connectivity index (χ0v) is 16.2. The molecule has 2 heterocycles. The van der Waals surface area contributed by atoms with Crippen LogP contribution >= 0.6 is 12.4 Å². The molecule has 0 saturated carbocycles. The van der Waals surface area contributed by atoms with Crippen LogP contribution in [-0.4, -0.2) is 37.3 Å². The molecule has 3 rings (SSSR count). The van der Waals surface area contributed by atoms with Crippen LogP contribution in [0.5, 0.6) is 11.5 Å². The van der Waals surface area contributed by atoms with E-state index in [-0.39, 0.29) is 12.4 Å². The van der Waals surface area contributed by atoms with Gasteiger partial charge in [-0.3, -0.25) is 0 Å². The zero-order chi connectivity index (χ0) is 18.7. The average Bonchev–Trinajstić information content (AvgIpc) is 2.67. The molecule has 0 fully saturated rings. The number of fused-ring (bicyclic) bond motifs is 1. The molecule has 142 valence electrons. The Labute approximate surface area is 163 Å². The summed E-state index contributed by atoms with van der Waals surface area (Å²) in [7, 11) is 4.49. The van der Waals surface area contributed by atoms with Gasteiger partial charge in [0.15, 0.2) is 5.65 Å². The number of hydrogen-bond acceptors (Lipinski definition) is 7. The van der Waals surface area contributed by atoms with E-state index in [9.17, 15) is 4.79 Å². The highest BCUT2D eigenvalue weighted by atomic mass is 35.5. The number of aryl methyl sites for hydroxylation is 1. The normalized spacial score (nSPS) is 10.1. The second-order valence-corrected chi connectivity index (χ2v) is 5.55. The highest BCUT2D eigenvalue weighted by Gasteiger charge is 2.18. The van der Waals surface area contributed by atoms with Gasteiger partial charge in [-0.2, -0.15) is 0 Å². The quantitative estimate of drug-likeness (QED) is 0.662. The van der Waals surface area contributed by atoms with Gasteiger partial charge in [0.1, 0.15) is 17.1 Å². The fraction of sp³-hybridized carbons (Fsp3) is 0.211. The molecule has 0 spiro atoms. The number of carbonyl (C=O) groups is 1. The molecule has 0 aliphatic rings. The van der Waals surface area contributed by atoms with Crippen LogP contribution in [0.15, 0.2) is 36.5 Å². The van der Waals surface area contributed by atoms with Crippen molar-refractivity contribution < 1.29 is 19.0 Å². The summed E-state index contributed by atoms with van der Waals surface area (Å²) in [6.07, 6.45) is 1.45. The molecular weight excluding hydrogens is 370 g/mol. The van der Waals surface area contributed by atoms with Crippen molar-refractivity contribution >= 4 is 40.8 Å². The summed E-state index contributed by atoms with van der Waals surface area (Å²) in [5.41, 5.74) is 2.85. The number of methoxy groups -OCH3 is 3. The molecule has 1 N–H and O–H groups in total. The number of nitrogens with one attached hydrogen (secondary N) is 1. The van der Waals surface area contributed by atoms with E-state index in [4.69, 9.17) is 14.2 Å². The van der Waals surface area contributed by atoms with Gasteiger partial charge in [-0.15, -0.1) is 12.4 Å². The smallest absolute Gasteiger partial charge is 0.341 e. The number of aromatic nitrogens is 2. The Morgan fingerprint density at radius 1 is 1.07 bits per heavy atom. The first-order chi connectivity index (χ1) is 12.6. The van der Waals surface area contributed by atoms with Crippen molar-refractivity contribution in [3.05, 3.63) is 47.8 Å². The number of rotatable bonds is 5. The summed E-state index contributed by atoms with van der Waals surface area (Å²) in [4.78, 5) is 20.9. The molecular formula is C19H20ClN3O4. The van der Waals surface area contributed by atoms with Gasteiger partial charge in [-0.05, 0) is 31.2 Å². The van der Waals surface area contributed by atoms with E-state index in [1.54, 1.807) is 32.4 Å². The van der Waals surface area contributed by atoms with Crippen LogP contribution < -0.4 is 14.8 Å². The average molecular weight is 390 g/mol. The summed E-state index contributed by atoms with van der Waals surface area (Å²) in [6.45, 7) is 1.88. The van der Waals surface area contributed by atoms with Gasteiger partial charge in [-0.25, -0.2) is 14.8 Å². The van der Waals surface area contributed by atoms with Crippen molar-refractivity contribution in [2.75, 3.05) is 26.6 Å². The minimum absolute atomic E-state index is 0. The molecule has 1 aromatic carbocycles. The number of pyridine rings is 2. The standard InChI is InChI=1S/C19H19N3O4.ClH/c1-11-5-7-13-17(14(19(23)26-4)10-20-18(13)21-11)22-15-9-12(24-2)6-8-16(15)25-3;/h5-10H,1-4H3,(H,20,21,22);1H. The summed E-state index contributed by atoms with van der Waals surface area (Å²) in [5.74, 6) is 0.760. The molecule has 0 saturated heterocycles. The Bertz CT molecular complexity index is 979. The monoisotopic (exact) mass is 389 g/mol. The van der Waals surface area contributed by atoms with Crippen molar-refractivity contribution in [1.29, 1.82) is 0 Å². The predicted octanol–water partition coefficient (Wildman–Crippen LogP) is 3.91. The summed E-state index contributed by atoms with van der Waals surface area (Å²) < 4.78 is 15.6. The van der Waals surface area contributed by atoms with Crippen LogP contribution in [0.3, 0.4) is 0 Å². The third-order valence-electron chi connectivity index (χ3n) is 3.94. The number of benzene rings is 1. The highest BCUT2D eigenvalue weighted by molar-refractivity contribution is 6.05. The van der Waals surface area contributed by atoms with Gasteiger partial charge in [0.05, 0.1) is 32.7 Å². The third-order valence-corrected chi connectivity index (χ3v) is 3.94. The lowest BCUT2D eigenvalue weighted by Crippen LogP contribution is -2.08. The van der Waals surface area contributed by atoms with Gasteiger partial charge in [0.2, 0.25) is 0 Å². The Kier molecular flexibility index (Phi) is 6.41.